The lowest BCUT2D eigenvalue weighted by atomic mass is 10.1. The third-order valence-corrected chi connectivity index (χ3v) is 4.00. The third kappa shape index (κ3) is 4.20. The van der Waals surface area contributed by atoms with E-state index >= 15 is 0 Å². The number of nitrogens with one attached hydrogen (secondary N) is 2. The van der Waals surface area contributed by atoms with Gasteiger partial charge in [0.15, 0.2) is 0 Å². The molecule has 0 spiro atoms. The fourth-order valence-corrected chi connectivity index (χ4v) is 2.84. The number of anilines is 2. The van der Waals surface area contributed by atoms with E-state index < -0.39 is 0 Å². The summed E-state index contributed by atoms with van der Waals surface area (Å²) >= 11 is 1.79. The van der Waals surface area contributed by atoms with Crippen LogP contribution in [-0.4, -0.2) is 16.5 Å². The Bertz CT molecular complexity index is 498. The lowest BCUT2D eigenvalue weighted by Gasteiger charge is -2.17. The molecule has 0 aliphatic carbocycles. The van der Waals surface area contributed by atoms with Gasteiger partial charge in [-0.15, -0.1) is 11.3 Å². The van der Waals surface area contributed by atoms with Crippen molar-refractivity contribution >= 4 is 23.0 Å². The minimum absolute atomic E-state index is 0.328. The van der Waals surface area contributed by atoms with E-state index in [2.05, 4.69) is 52.0 Å². The summed E-state index contributed by atoms with van der Waals surface area (Å²) in [7, 11) is 0. The van der Waals surface area contributed by atoms with Gasteiger partial charge in [0.05, 0.1) is 6.04 Å². The van der Waals surface area contributed by atoms with Gasteiger partial charge in [-0.2, -0.15) is 0 Å². The van der Waals surface area contributed by atoms with Crippen molar-refractivity contribution in [2.45, 2.75) is 39.2 Å². The van der Waals surface area contributed by atoms with Crippen LogP contribution >= 0.6 is 11.3 Å². The molecule has 108 valence electrons. The smallest absolute Gasteiger partial charge is 0.131 e. The first-order chi connectivity index (χ1) is 9.83. The average molecular weight is 290 g/mol. The molecule has 2 aromatic heterocycles. The molecule has 2 rings (SSSR count). The second-order valence-corrected chi connectivity index (χ2v) is 5.70. The van der Waals surface area contributed by atoms with Crippen LogP contribution in [0.2, 0.25) is 0 Å². The fraction of sp³-hybridized carbons (Fsp3) is 0.467. The van der Waals surface area contributed by atoms with Gasteiger partial charge in [-0.3, -0.25) is 0 Å². The molecule has 2 heterocycles. The molecular weight excluding hydrogens is 268 g/mol. The fourth-order valence-electron chi connectivity index (χ4n) is 2.03. The van der Waals surface area contributed by atoms with Crippen molar-refractivity contribution in [2.24, 2.45) is 0 Å². The van der Waals surface area contributed by atoms with Crippen LogP contribution in [0.3, 0.4) is 0 Å². The zero-order valence-electron chi connectivity index (χ0n) is 12.1. The highest BCUT2D eigenvalue weighted by atomic mass is 32.1. The minimum Gasteiger partial charge on any atom is -0.370 e. The molecule has 0 fully saturated rings. The summed E-state index contributed by atoms with van der Waals surface area (Å²) in [5.74, 6) is 1.76. The highest BCUT2D eigenvalue weighted by molar-refractivity contribution is 7.10. The third-order valence-electron chi connectivity index (χ3n) is 3.01. The van der Waals surface area contributed by atoms with Crippen LogP contribution < -0.4 is 10.6 Å². The molecule has 2 N–H and O–H groups in total. The Labute approximate surface area is 124 Å². The zero-order chi connectivity index (χ0) is 14.2. The summed E-state index contributed by atoms with van der Waals surface area (Å²) in [6, 6.07) is 6.58. The summed E-state index contributed by atoms with van der Waals surface area (Å²) in [5, 5.41) is 8.92. The molecule has 0 radical (unpaired) electrons. The van der Waals surface area contributed by atoms with Crippen LogP contribution in [0, 0.1) is 0 Å². The monoisotopic (exact) mass is 290 g/mol. The van der Waals surface area contributed by atoms with Crippen LogP contribution in [0.5, 0.6) is 0 Å². The van der Waals surface area contributed by atoms with Crippen LogP contribution in [0.25, 0.3) is 0 Å². The summed E-state index contributed by atoms with van der Waals surface area (Å²) < 4.78 is 0. The first-order valence-corrected chi connectivity index (χ1v) is 8.07. The van der Waals surface area contributed by atoms with Crippen molar-refractivity contribution in [2.75, 3.05) is 17.2 Å². The van der Waals surface area contributed by atoms with E-state index in [1.807, 2.05) is 6.07 Å². The molecule has 0 amide bonds. The van der Waals surface area contributed by atoms with Gasteiger partial charge in [0.25, 0.3) is 0 Å². The van der Waals surface area contributed by atoms with Crippen molar-refractivity contribution < 1.29 is 0 Å². The van der Waals surface area contributed by atoms with E-state index in [1.54, 1.807) is 17.7 Å². The van der Waals surface area contributed by atoms with Gasteiger partial charge < -0.3 is 10.6 Å². The molecule has 0 aromatic carbocycles. The Hall–Kier alpha value is -1.62. The number of nitrogens with zero attached hydrogens (tertiary/aromatic N) is 2. The van der Waals surface area contributed by atoms with Crippen molar-refractivity contribution in [1.82, 2.24) is 9.97 Å². The van der Waals surface area contributed by atoms with Crippen LogP contribution in [0.4, 0.5) is 11.6 Å². The highest BCUT2D eigenvalue weighted by Gasteiger charge is 2.12. The molecule has 1 unspecified atom stereocenters. The van der Waals surface area contributed by atoms with Crippen molar-refractivity contribution in [3.05, 3.63) is 34.8 Å². The van der Waals surface area contributed by atoms with Gasteiger partial charge in [0, 0.05) is 17.5 Å². The van der Waals surface area contributed by atoms with Crippen LogP contribution in [-0.2, 0) is 0 Å². The lowest BCUT2D eigenvalue weighted by Crippen LogP contribution is -2.11. The second-order valence-electron chi connectivity index (χ2n) is 4.72. The molecule has 20 heavy (non-hydrogen) atoms. The zero-order valence-corrected chi connectivity index (χ0v) is 12.9. The van der Waals surface area contributed by atoms with Crippen molar-refractivity contribution in [1.29, 1.82) is 0 Å². The molecule has 2 aromatic rings. The predicted molar refractivity (Wildman–Crippen MR) is 86.4 cm³/mol. The van der Waals surface area contributed by atoms with E-state index in [-0.39, 0.29) is 0 Å². The quantitative estimate of drug-likeness (QED) is 0.760. The van der Waals surface area contributed by atoms with E-state index in [1.165, 1.54) is 4.88 Å². The molecule has 4 nitrogen and oxygen atoms in total. The summed E-state index contributed by atoms with van der Waals surface area (Å²) in [4.78, 5) is 9.91. The molecule has 0 aliphatic rings. The number of hydrogen-bond acceptors (Lipinski definition) is 5. The largest absolute Gasteiger partial charge is 0.370 e. The Kier molecular flexibility index (Phi) is 5.80. The number of hydrogen-bond donors (Lipinski definition) is 2. The Morgan fingerprint density at radius 2 is 2.05 bits per heavy atom. The molecule has 0 bridgehead atoms. The van der Waals surface area contributed by atoms with Crippen molar-refractivity contribution in [3.8, 4) is 0 Å². The summed E-state index contributed by atoms with van der Waals surface area (Å²) in [6.07, 6.45) is 4.93. The maximum atomic E-state index is 4.32. The molecule has 0 saturated carbocycles. The predicted octanol–water partition coefficient (Wildman–Crippen LogP) is 4.31. The van der Waals surface area contributed by atoms with E-state index in [0.29, 0.717) is 6.04 Å². The van der Waals surface area contributed by atoms with E-state index in [9.17, 15) is 0 Å². The molecular formula is C15H22N4S. The standard InChI is InChI=1S/C15H22N4S/c1-3-6-12(13-7-5-9-20-13)19-15-10-14(16-8-4-2)17-11-18-15/h5,7,9-12H,3-4,6,8H2,1-2H3,(H2,16,17,18,19). The van der Waals surface area contributed by atoms with Crippen LogP contribution in [0.1, 0.15) is 44.0 Å². The molecule has 1 atom stereocenters. The topological polar surface area (TPSA) is 49.8 Å². The number of thiophene rings is 1. The van der Waals surface area contributed by atoms with Gasteiger partial charge >= 0.3 is 0 Å². The van der Waals surface area contributed by atoms with Gasteiger partial charge in [0.2, 0.25) is 0 Å². The SMILES string of the molecule is CCCNc1cc(NC(CCC)c2cccs2)ncn1. The van der Waals surface area contributed by atoms with Gasteiger partial charge in [-0.05, 0) is 24.3 Å². The normalized spacial score (nSPS) is 12.1. The van der Waals surface area contributed by atoms with E-state index in [4.69, 9.17) is 0 Å². The molecule has 0 saturated heterocycles. The summed E-state index contributed by atoms with van der Waals surface area (Å²) in [5.41, 5.74) is 0. The van der Waals surface area contributed by atoms with E-state index in [0.717, 1.165) is 37.4 Å². The first kappa shape index (κ1) is 14.8. The Balaban J connectivity index is 2.06. The van der Waals surface area contributed by atoms with Gasteiger partial charge in [-0.1, -0.05) is 26.3 Å². The van der Waals surface area contributed by atoms with Crippen molar-refractivity contribution in [3.63, 3.8) is 0 Å². The molecule has 5 heteroatoms. The maximum absolute atomic E-state index is 4.32. The average Bonchev–Trinajstić information content (AvgIpc) is 2.99. The van der Waals surface area contributed by atoms with Crippen LogP contribution in [0.15, 0.2) is 29.9 Å². The van der Waals surface area contributed by atoms with Gasteiger partial charge in [0.1, 0.15) is 18.0 Å². The summed E-state index contributed by atoms with van der Waals surface area (Å²) in [6.45, 7) is 5.28. The maximum Gasteiger partial charge on any atom is 0.131 e. The first-order valence-electron chi connectivity index (χ1n) is 7.19. The second kappa shape index (κ2) is 7.85. The Morgan fingerprint density at radius 3 is 2.75 bits per heavy atom. The lowest BCUT2D eigenvalue weighted by molar-refractivity contribution is 0.684. The minimum atomic E-state index is 0.328. The highest BCUT2D eigenvalue weighted by Crippen LogP contribution is 2.27. The Morgan fingerprint density at radius 1 is 1.20 bits per heavy atom. The van der Waals surface area contributed by atoms with Gasteiger partial charge in [-0.25, -0.2) is 9.97 Å². The molecule has 0 aliphatic heterocycles. The number of rotatable bonds is 8. The number of aromatic nitrogens is 2.